The number of aromatic nitrogens is 2. The number of fused-ring (bicyclic) bond motifs is 1. The minimum Gasteiger partial charge on any atom is -0.303 e. The van der Waals surface area contributed by atoms with Crippen LogP contribution in [0.1, 0.15) is 51.5 Å². The average molecular weight is 299 g/mol. The van der Waals surface area contributed by atoms with Gasteiger partial charge in [-0.05, 0) is 62.4 Å². The van der Waals surface area contributed by atoms with Crippen molar-refractivity contribution in [2.75, 3.05) is 19.6 Å². The molecule has 1 aromatic carbocycles. The number of hydrogen-bond acceptors (Lipinski definition) is 2. The Bertz CT molecular complexity index is 608. The maximum Gasteiger partial charge on any atom is 0.0685 e. The van der Waals surface area contributed by atoms with E-state index in [1.807, 2.05) is 6.20 Å². The molecular weight excluding hydrogens is 270 g/mol. The van der Waals surface area contributed by atoms with Crippen LogP contribution in [0.5, 0.6) is 0 Å². The molecule has 2 aromatic rings. The number of likely N-dealkylation sites (tertiary alicyclic amines) is 1. The summed E-state index contributed by atoms with van der Waals surface area (Å²) in [5.74, 6) is 1.27. The molecule has 2 heterocycles. The van der Waals surface area contributed by atoms with Crippen LogP contribution in [0.15, 0.2) is 24.4 Å². The quantitative estimate of drug-likeness (QED) is 0.793. The Hall–Kier alpha value is -1.35. The second-order valence-corrected chi connectivity index (χ2v) is 7.12. The third kappa shape index (κ3) is 3.35. The Morgan fingerprint density at radius 3 is 2.59 bits per heavy atom. The molecule has 0 spiro atoms. The summed E-state index contributed by atoms with van der Waals surface area (Å²) in [4.78, 5) is 2.58. The van der Waals surface area contributed by atoms with Crippen molar-refractivity contribution in [1.29, 1.82) is 0 Å². The van der Waals surface area contributed by atoms with E-state index >= 15 is 0 Å². The maximum absolute atomic E-state index is 4.60. The third-order valence-electron chi connectivity index (χ3n) is 5.24. The fourth-order valence-corrected chi connectivity index (χ4v) is 3.38. The maximum atomic E-state index is 4.60. The molecule has 1 saturated heterocycles. The Labute approximate surface area is 134 Å². The number of aryl methyl sites for hydroxylation is 1. The molecule has 0 amide bonds. The zero-order valence-electron chi connectivity index (χ0n) is 14.3. The van der Waals surface area contributed by atoms with E-state index in [1.54, 1.807) is 0 Å². The Balaban J connectivity index is 1.70. The number of benzene rings is 1. The Kier molecular flexibility index (Phi) is 4.82. The van der Waals surface area contributed by atoms with Gasteiger partial charge >= 0.3 is 0 Å². The molecule has 0 bridgehead atoms. The third-order valence-corrected chi connectivity index (χ3v) is 5.24. The van der Waals surface area contributed by atoms with Gasteiger partial charge in [-0.3, -0.25) is 4.68 Å². The van der Waals surface area contributed by atoms with Gasteiger partial charge in [0.15, 0.2) is 0 Å². The van der Waals surface area contributed by atoms with Crippen LogP contribution in [-0.2, 0) is 6.54 Å². The molecule has 1 aliphatic heterocycles. The lowest BCUT2D eigenvalue weighted by molar-refractivity contribution is 0.323. The molecule has 1 aromatic heterocycles. The summed E-state index contributed by atoms with van der Waals surface area (Å²) in [6.45, 7) is 11.7. The van der Waals surface area contributed by atoms with Crippen molar-refractivity contribution in [1.82, 2.24) is 14.7 Å². The van der Waals surface area contributed by atoms with E-state index in [4.69, 9.17) is 0 Å². The van der Waals surface area contributed by atoms with Gasteiger partial charge in [0.1, 0.15) is 0 Å². The fraction of sp³-hybridized carbons (Fsp3) is 0.632. The smallest absolute Gasteiger partial charge is 0.0685 e. The SMILES string of the molecule is CC(C)C(C)c1ccc2cnn(CCCN3CCCC3)c2c1. The monoisotopic (exact) mass is 299 g/mol. The topological polar surface area (TPSA) is 21.1 Å². The predicted octanol–water partition coefficient (Wildman–Crippen LogP) is 4.28. The van der Waals surface area contributed by atoms with E-state index in [9.17, 15) is 0 Å². The van der Waals surface area contributed by atoms with Crippen LogP contribution >= 0.6 is 0 Å². The van der Waals surface area contributed by atoms with Crippen molar-refractivity contribution in [3.63, 3.8) is 0 Å². The number of hydrogen-bond donors (Lipinski definition) is 0. The van der Waals surface area contributed by atoms with Gasteiger partial charge in [-0.2, -0.15) is 5.10 Å². The highest BCUT2D eigenvalue weighted by molar-refractivity contribution is 5.79. The van der Waals surface area contributed by atoms with E-state index < -0.39 is 0 Å². The highest BCUT2D eigenvalue weighted by atomic mass is 15.3. The van der Waals surface area contributed by atoms with Crippen molar-refractivity contribution in [2.45, 2.75) is 52.5 Å². The van der Waals surface area contributed by atoms with Crippen LogP contribution in [-0.4, -0.2) is 34.3 Å². The average Bonchev–Trinajstić information content (AvgIpc) is 3.16. The van der Waals surface area contributed by atoms with Crippen molar-refractivity contribution in [2.24, 2.45) is 5.92 Å². The predicted molar refractivity (Wildman–Crippen MR) is 93.3 cm³/mol. The van der Waals surface area contributed by atoms with Crippen LogP contribution in [0.3, 0.4) is 0 Å². The van der Waals surface area contributed by atoms with Crippen LogP contribution in [0, 0.1) is 5.92 Å². The second-order valence-electron chi connectivity index (χ2n) is 7.12. The molecule has 0 radical (unpaired) electrons. The zero-order valence-corrected chi connectivity index (χ0v) is 14.3. The minimum absolute atomic E-state index is 0.595. The molecule has 1 atom stereocenters. The van der Waals surface area contributed by atoms with Gasteiger partial charge in [0, 0.05) is 11.9 Å². The molecule has 1 unspecified atom stereocenters. The largest absolute Gasteiger partial charge is 0.303 e. The summed E-state index contributed by atoms with van der Waals surface area (Å²) in [6.07, 6.45) is 5.96. The first-order valence-corrected chi connectivity index (χ1v) is 8.83. The standard InChI is InChI=1S/C19H29N3/c1-15(2)16(3)17-7-8-18-14-20-22(19(18)13-17)12-6-11-21-9-4-5-10-21/h7-8,13-16H,4-6,9-12H2,1-3H3. The van der Waals surface area contributed by atoms with E-state index in [2.05, 4.69) is 53.7 Å². The number of rotatable bonds is 6. The second kappa shape index (κ2) is 6.82. The van der Waals surface area contributed by atoms with Crippen molar-refractivity contribution in [3.8, 4) is 0 Å². The van der Waals surface area contributed by atoms with Gasteiger partial charge < -0.3 is 4.90 Å². The van der Waals surface area contributed by atoms with Gasteiger partial charge in [0.05, 0.1) is 11.7 Å². The van der Waals surface area contributed by atoms with Crippen LogP contribution in [0.25, 0.3) is 10.9 Å². The molecular formula is C19H29N3. The van der Waals surface area contributed by atoms with Crippen LogP contribution in [0.4, 0.5) is 0 Å². The normalized spacial score (nSPS) is 17.6. The molecule has 0 N–H and O–H groups in total. The van der Waals surface area contributed by atoms with Gasteiger partial charge in [-0.25, -0.2) is 0 Å². The van der Waals surface area contributed by atoms with Crippen molar-refractivity contribution < 1.29 is 0 Å². The highest BCUT2D eigenvalue weighted by Gasteiger charge is 2.13. The molecule has 3 rings (SSSR count). The lowest BCUT2D eigenvalue weighted by Gasteiger charge is -2.17. The Morgan fingerprint density at radius 2 is 1.86 bits per heavy atom. The van der Waals surface area contributed by atoms with Crippen molar-refractivity contribution in [3.05, 3.63) is 30.0 Å². The Morgan fingerprint density at radius 1 is 1.09 bits per heavy atom. The summed E-state index contributed by atoms with van der Waals surface area (Å²) in [6, 6.07) is 6.85. The zero-order chi connectivity index (χ0) is 15.5. The summed E-state index contributed by atoms with van der Waals surface area (Å²) in [7, 11) is 0. The molecule has 22 heavy (non-hydrogen) atoms. The highest BCUT2D eigenvalue weighted by Crippen LogP contribution is 2.27. The van der Waals surface area contributed by atoms with Gasteiger partial charge in [0.25, 0.3) is 0 Å². The number of nitrogens with zero attached hydrogens (tertiary/aromatic N) is 3. The first-order chi connectivity index (χ1) is 10.6. The van der Waals surface area contributed by atoms with Crippen LogP contribution in [0.2, 0.25) is 0 Å². The van der Waals surface area contributed by atoms with Gasteiger partial charge in [0.2, 0.25) is 0 Å². The van der Waals surface area contributed by atoms with E-state index in [0.29, 0.717) is 11.8 Å². The summed E-state index contributed by atoms with van der Waals surface area (Å²) < 4.78 is 2.20. The van der Waals surface area contributed by atoms with E-state index in [0.717, 1.165) is 6.54 Å². The minimum atomic E-state index is 0.595. The lowest BCUT2D eigenvalue weighted by atomic mass is 9.90. The molecule has 3 nitrogen and oxygen atoms in total. The van der Waals surface area contributed by atoms with E-state index in [1.165, 1.54) is 55.4 Å². The molecule has 0 aliphatic carbocycles. The van der Waals surface area contributed by atoms with Crippen molar-refractivity contribution >= 4 is 10.9 Å². The fourth-order valence-electron chi connectivity index (χ4n) is 3.38. The summed E-state index contributed by atoms with van der Waals surface area (Å²) in [5.41, 5.74) is 2.73. The molecule has 0 saturated carbocycles. The van der Waals surface area contributed by atoms with E-state index in [-0.39, 0.29) is 0 Å². The molecule has 120 valence electrons. The summed E-state index contributed by atoms with van der Waals surface area (Å²) in [5, 5.41) is 5.87. The molecule has 3 heteroatoms. The first kappa shape index (κ1) is 15.5. The summed E-state index contributed by atoms with van der Waals surface area (Å²) >= 11 is 0. The first-order valence-electron chi connectivity index (χ1n) is 8.83. The van der Waals surface area contributed by atoms with Gasteiger partial charge in [-0.15, -0.1) is 0 Å². The molecule has 1 fully saturated rings. The lowest BCUT2D eigenvalue weighted by Crippen LogP contribution is -2.21. The molecule has 1 aliphatic rings. The van der Waals surface area contributed by atoms with Crippen LogP contribution < -0.4 is 0 Å². The van der Waals surface area contributed by atoms with Gasteiger partial charge in [-0.1, -0.05) is 32.9 Å².